The molecule has 0 amide bonds. The summed E-state index contributed by atoms with van der Waals surface area (Å²) in [6.45, 7) is 12.6. The van der Waals surface area contributed by atoms with E-state index in [0.717, 1.165) is 17.2 Å². The van der Waals surface area contributed by atoms with Crippen LogP contribution >= 0.6 is 12.7 Å². The standard InChI is InChI=1S/3C13H13O.BrH.Sn/c3*1-10(2)14-13-8-7-11-5-3-4-6-12(11)9-13;;/h3*3-8,10H,1-2H3;1H;/q;;;;+1/p-1. The van der Waals surface area contributed by atoms with Gasteiger partial charge in [-0.1, -0.05) is 0 Å². The Kier molecular flexibility index (Phi) is 8.85. The van der Waals surface area contributed by atoms with Crippen molar-refractivity contribution in [3.05, 3.63) is 109 Å². The Bertz CT molecular complexity index is 1740. The molecule has 0 heterocycles. The maximum absolute atomic E-state index is 6.75. The first-order valence-electron chi connectivity index (χ1n) is 15.4. The van der Waals surface area contributed by atoms with Gasteiger partial charge in [0.05, 0.1) is 0 Å². The van der Waals surface area contributed by atoms with Crippen molar-refractivity contribution in [1.29, 1.82) is 0 Å². The van der Waals surface area contributed by atoms with Crippen molar-refractivity contribution in [2.75, 3.05) is 0 Å². The normalized spacial score (nSPS) is 12.1. The molecule has 224 valence electrons. The van der Waals surface area contributed by atoms with Crippen LogP contribution in [0.5, 0.6) is 17.2 Å². The molecule has 0 aliphatic rings. The molecule has 0 bridgehead atoms. The fourth-order valence-electron chi connectivity index (χ4n) is 6.25. The van der Waals surface area contributed by atoms with Gasteiger partial charge >= 0.3 is 272 Å². The molecule has 0 unspecified atom stereocenters. The summed E-state index contributed by atoms with van der Waals surface area (Å²) in [7, 11) is 0. The van der Waals surface area contributed by atoms with E-state index in [4.69, 9.17) is 26.9 Å². The minimum atomic E-state index is -4.45. The second-order valence-electron chi connectivity index (χ2n) is 12.1. The van der Waals surface area contributed by atoms with E-state index in [1.807, 2.05) is 0 Å². The molecule has 5 heteroatoms. The van der Waals surface area contributed by atoms with E-state index >= 15 is 0 Å². The number of ether oxygens (including phenoxy) is 3. The quantitative estimate of drug-likeness (QED) is 0.138. The molecule has 0 aromatic heterocycles. The van der Waals surface area contributed by atoms with Gasteiger partial charge in [0.1, 0.15) is 0 Å². The third-order valence-corrected chi connectivity index (χ3v) is 26.1. The molecule has 44 heavy (non-hydrogen) atoms. The van der Waals surface area contributed by atoms with Crippen LogP contribution in [0.25, 0.3) is 32.3 Å². The molecule has 0 atom stereocenters. The molecule has 0 radical (unpaired) electrons. The molecule has 0 saturated carbocycles. The van der Waals surface area contributed by atoms with Crippen molar-refractivity contribution in [2.24, 2.45) is 0 Å². The van der Waals surface area contributed by atoms with Crippen LogP contribution < -0.4 is 24.9 Å². The number of hydrogen-bond donors (Lipinski definition) is 0. The van der Waals surface area contributed by atoms with Crippen LogP contribution in [0.15, 0.2) is 109 Å². The van der Waals surface area contributed by atoms with Crippen molar-refractivity contribution in [3.8, 4) is 17.2 Å². The van der Waals surface area contributed by atoms with Gasteiger partial charge in [-0.2, -0.15) is 0 Å². The molecule has 0 N–H and O–H groups in total. The van der Waals surface area contributed by atoms with Crippen molar-refractivity contribution in [2.45, 2.75) is 59.9 Å². The second kappa shape index (κ2) is 12.6. The molecule has 0 spiro atoms. The zero-order valence-corrected chi connectivity index (χ0v) is 30.7. The predicted octanol–water partition coefficient (Wildman–Crippen LogP) is 8.87. The van der Waals surface area contributed by atoms with Crippen LogP contribution in [0.1, 0.15) is 41.5 Å². The average molecular weight is 754 g/mol. The first-order chi connectivity index (χ1) is 21.2. The Labute approximate surface area is 270 Å². The van der Waals surface area contributed by atoms with Crippen molar-refractivity contribution in [1.82, 2.24) is 0 Å². The molecular weight excluding hydrogens is 715 g/mol. The zero-order chi connectivity index (χ0) is 31.0. The van der Waals surface area contributed by atoms with E-state index in [0.29, 0.717) is 0 Å². The van der Waals surface area contributed by atoms with Gasteiger partial charge in [-0.25, -0.2) is 0 Å². The zero-order valence-electron chi connectivity index (χ0n) is 26.2. The minimum absolute atomic E-state index is 0.00393. The SMILES string of the molecule is CC(C)Oc1ccc2ccccc2[c]1[Sn]([Br])([c]1c(OC(C)C)ccc2ccccc12)[c]1c(OC(C)C)ccc2ccccc12. The van der Waals surface area contributed by atoms with Gasteiger partial charge < -0.3 is 0 Å². The predicted molar refractivity (Wildman–Crippen MR) is 193 cm³/mol. The third kappa shape index (κ3) is 5.67. The number of benzene rings is 6. The van der Waals surface area contributed by atoms with Gasteiger partial charge in [0.2, 0.25) is 0 Å². The van der Waals surface area contributed by atoms with Crippen LogP contribution in [-0.2, 0) is 0 Å². The first-order valence-corrected chi connectivity index (χ1v) is 26.1. The summed E-state index contributed by atoms with van der Waals surface area (Å²) in [4.78, 5) is 0. The van der Waals surface area contributed by atoms with Crippen LogP contribution in [0, 0.1) is 0 Å². The topological polar surface area (TPSA) is 27.7 Å². The van der Waals surface area contributed by atoms with Gasteiger partial charge in [0.25, 0.3) is 0 Å². The molecule has 0 aliphatic carbocycles. The fraction of sp³-hybridized carbons (Fsp3) is 0.231. The molecule has 0 saturated heterocycles. The van der Waals surface area contributed by atoms with Crippen LogP contribution in [0.4, 0.5) is 0 Å². The molecule has 3 nitrogen and oxygen atoms in total. The van der Waals surface area contributed by atoms with Gasteiger partial charge in [-0.15, -0.1) is 0 Å². The molecule has 0 aliphatic heterocycles. The Morgan fingerprint density at radius 3 is 0.955 bits per heavy atom. The van der Waals surface area contributed by atoms with Gasteiger partial charge in [0.15, 0.2) is 0 Å². The Morgan fingerprint density at radius 1 is 0.409 bits per heavy atom. The maximum atomic E-state index is 6.75. The fourth-order valence-corrected chi connectivity index (χ4v) is 25.9. The summed E-state index contributed by atoms with van der Waals surface area (Å²) in [6.07, 6.45) is -0.0118. The van der Waals surface area contributed by atoms with Crippen molar-refractivity contribution >= 4 is 71.9 Å². The van der Waals surface area contributed by atoms with Crippen LogP contribution in [0.3, 0.4) is 0 Å². The molecule has 0 fully saturated rings. The summed E-state index contributed by atoms with van der Waals surface area (Å²) >= 11 is 0.318. The monoisotopic (exact) mass is 754 g/mol. The average Bonchev–Trinajstić information content (AvgIpc) is 2.99. The molecule has 6 rings (SSSR count). The second-order valence-corrected chi connectivity index (χ2v) is 28.2. The van der Waals surface area contributed by atoms with Gasteiger partial charge in [0, 0.05) is 0 Å². The van der Waals surface area contributed by atoms with Crippen molar-refractivity contribution < 1.29 is 14.2 Å². The van der Waals surface area contributed by atoms with E-state index < -0.39 is 16.2 Å². The molecule has 6 aromatic rings. The number of rotatable bonds is 9. The van der Waals surface area contributed by atoms with E-state index in [2.05, 4.69) is 151 Å². The summed E-state index contributed by atoms with van der Waals surface area (Å²) in [6, 6.07) is 39.1. The van der Waals surface area contributed by atoms with E-state index in [-0.39, 0.29) is 18.3 Å². The Hall–Kier alpha value is -3.22. The van der Waals surface area contributed by atoms with Crippen molar-refractivity contribution in [3.63, 3.8) is 0 Å². The Morgan fingerprint density at radius 2 is 0.682 bits per heavy atom. The van der Waals surface area contributed by atoms with E-state index in [9.17, 15) is 0 Å². The molecular formula is C39H39BrO3Sn. The first kappa shape index (κ1) is 30.8. The summed E-state index contributed by atoms with van der Waals surface area (Å²) in [5.41, 5.74) is 0. The summed E-state index contributed by atoms with van der Waals surface area (Å²) < 4.78 is 23.9. The Balaban J connectivity index is 1.90. The third-order valence-electron chi connectivity index (χ3n) is 7.79. The number of fused-ring (bicyclic) bond motifs is 3. The van der Waals surface area contributed by atoms with Gasteiger partial charge in [-0.3, -0.25) is 0 Å². The van der Waals surface area contributed by atoms with E-state index in [1.165, 1.54) is 43.1 Å². The molecule has 6 aromatic carbocycles. The summed E-state index contributed by atoms with van der Waals surface area (Å²) in [5.74, 6) is 2.70. The number of hydrogen-bond acceptors (Lipinski definition) is 3. The van der Waals surface area contributed by atoms with Crippen LogP contribution in [-0.4, -0.2) is 34.5 Å². The van der Waals surface area contributed by atoms with E-state index in [1.54, 1.807) is 0 Å². The summed E-state index contributed by atoms with van der Waals surface area (Å²) in [5, 5.41) is 7.09. The van der Waals surface area contributed by atoms with Crippen LogP contribution in [0.2, 0.25) is 0 Å². The number of halogens is 1. The van der Waals surface area contributed by atoms with Gasteiger partial charge in [-0.05, 0) is 0 Å².